The molecule has 0 aliphatic heterocycles. The maximum Gasteiger partial charge on any atom is 0.433 e. The van der Waals surface area contributed by atoms with Crippen molar-refractivity contribution >= 4 is 17.6 Å². The van der Waals surface area contributed by atoms with Crippen LogP contribution in [0.1, 0.15) is 58.5 Å². The highest BCUT2D eigenvalue weighted by atomic mass is 19.4. The third kappa shape index (κ3) is 6.36. The van der Waals surface area contributed by atoms with E-state index in [1.807, 2.05) is 0 Å². The number of carbonyl (C=O) groups excluding carboxylic acids is 2. The van der Waals surface area contributed by atoms with E-state index in [1.54, 1.807) is 30.3 Å². The zero-order chi connectivity index (χ0) is 28.1. The molecule has 0 spiro atoms. The van der Waals surface area contributed by atoms with Crippen LogP contribution in [-0.4, -0.2) is 38.1 Å². The molecule has 0 saturated heterocycles. The SMILES string of the molecule is O=C(NCC1CCCCC1)c1cccc(C(=O)Nc2ccc(-n3nc(-c4cccnc4)cc3C(F)(F)F)cn2)c1. The molecule has 1 saturated carbocycles. The van der Waals surface area contributed by atoms with Crippen LogP contribution in [0.4, 0.5) is 19.0 Å². The number of benzene rings is 1. The van der Waals surface area contributed by atoms with E-state index in [1.165, 1.54) is 56.1 Å². The zero-order valence-electron chi connectivity index (χ0n) is 21.5. The van der Waals surface area contributed by atoms with Gasteiger partial charge in [0.1, 0.15) is 11.5 Å². The van der Waals surface area contributed by atoms with Crippen molar-refractivity contribution in [3.05, 3.63) is 90.0 Å². The molecule has 40 heavy (non-hydrogen) atoms. The summed E-state index contributed by atoms with van der Waals surface area (Å²) < 4.78 is 42.0. The van der Waals surface area contributed by atoms with Gasteiger partial charge in [-0.25, -0.2) is 9.67 Å². The summed E-state index contributed by atoms with van der Waals surface area (Å²) in [6, 6.07) is 13.3. The van der Waals surface area contributed by atoms with Crippen LogP contribution in [0.3, 0.4) is 0 Å². The van der Waals surface area contributed by atoms with Gasteiger partial charge in [0, 0.05) is 35.6 Å². The molecule has 1 aromatic carbocycles. The minimum absolute atomic E-state index is 0.0668. The van der Waals surface area contributed by atoms with Gasteiger partial charge in [-0.15, -0.1) is 0 Å². The fraction of sp³-hybridized carbons (Fsp3) is 0.276. The van der Waals surface area contributed by atoms with E-state index in [2.05, 4.69) is 25.7 Å². The van der Waals surface area contributed by atoms with E-state index < -0.39 is 17.8 Å². The van der Waals surface area contributed by atoms with E-state index in [0.717, 1.165) is 23.6 Å². The lowest BCUT2D eigenvalue weighted by atomic mass is 9.89. The summed E-state index contributed by atoms with van der Waals surface area (Å²) in [6.07, 6.45) is 5.31. The largest absolute Gasteiger partial charge is 0.433 e. The van der Waals surface area contributed by atoms with E-state index >= 15 is 0 Å². The third-order valence-corrected chi connectivity index (χ3v) is 6.85. The van der Waals surface area contributed by atoms with Crippen molar-refractivity contribution in [2.75, 3.05) is 11.9 Å². The Labute approximate surface area is 228 Å². The highest BCUT2D eigenvalue weighted by Gasteiger charge is 2.36. The van der Waals surface area contributed by atoms with E-state index in [4.69, 9.17) is 0 Å². The summed E-state index contributed by atoms with van der Waals surface area (Å²) in [5.41, 5.74) is 0.271. The zero-order valence-corrected chi connectivity index (χ0v) is 21.5. The van der Waals surface area contributed by atoms with Gasteiger partial charge in [0.05, 0.1) is 17.6 Å². The molecule has 206 valence electrons. The molecule has 1 aliphatic rings. The third-order valence-electron chi connectivity index (χ3n) is 6.85. The van der Waals surface area contributed by atoms with Crippen LogP contribution in [0.5, 0.6) is 0 Å². The van der Waals surface area contributed by atoms with Gasteiger partial charge in [0.25, 0.3) is 11.8 Å². The molecule has 3 heterocycles. The monoisotopic (exact) mass is 548 g/mol. The van der Waals surface area contributed by atoms with Gasteiger partial charge in [0.2, 0.25) is 0 Å². The smallest absolute Gasteiger partial charge is 0.352 e. The summed E-state index contributed by atoms with van der Waals surface area (Å²) in [6.45, 7) is 0.613. The molecule has 0 radical (unpaired) electrons. The fourth-order valence-electron chi connectivity index (χ4n) is 4.74. The van der Waals surface area contributed by atoms with Crippen LogP contribution in [-0.2, 0) is 6.18 Å². The van der Waals surface area contributed by atoms with Gasteiger partial charge >= 0.3 is 6.18 Å². The van der Waals surface area contributed by atoms with Crippen molar-refractivity contribution in [2.45, 2.75) is 38.3 Å². The number of carbonyl (C=O) groups is 2. The summed E-state index contributed by atoms with van der Waals surface area (Å²) in [5, 5.41) is 9.70. The van der Waals surface area contributed by atoms with Crippen LogP contribution < -0.4 is 10.6 Å². The van der Waals surface area contributed by atoms with Crippen LogP contribution in [0.25, 0.3) is 16.9 Å². The predicted molar refractivity (Wildman–Crippen MR) is 143 cm³/mol. The van der Waals surface area contributed by atoms with Crippen molar-refractivity contribution < 1.29 is 22.8 Å². The van der Waals surface area contributed by atoms with Gasteiger partial charge in [-0.2, -0.15) is 18.3 Å². The average Bonchev–Trinajstić information content (AvgIpc) is 3.44. The van der Waals surface area contributed by atoms with Gasteiger partial charge in [-0.1, -0.05) is 25.3 Å². The van der Waals surface area contributed by atoms with Crippen LogP contribution in [0.15, 0.2) is 73.2 Å². The van der Waals surface area contributed by atoms with Crippen molar-refractivity contribution in [3.8, 4) is 16.9 Å². The Bertz CT molecular complexity index is 1480. The maximum absolute atomic E-state index is 13.8. The molecule has 8 nitrogen and oxygen atoms in total. The lowest BCUT2D eigenvalue weighted by Gasteiger charge is -2.21. The topological polar surface area (TPSA) is 102 Å². The Morgan fingerprint density at radius 1 is 0.925 bits per heavy atom. The lowest BCUT2D eigenvalue weighted by Crippen LogP contribution is -2.30. The quantitative estimate of drug-likeness (QED) is 0.299. The fourth-order valence-corrected chi connectivity index (χ4v) is 4.74. The number of aromatic nitrogens is 4. The number of amides is 2. The van der Waals surface area contributed by atoms with E-state index in [9.17, 15) is 22.8 Å². The van der Waals surface area contributed by atoms with Crippen LogP contribution in [0.2, 0.25) is 0 Å². The van der Waals surface area contributed by atoms with Gasteiger partial charge in [0.15, 0.2) is 0 Å². The number of alkyl halides is 3. The lowest BCUT2D eigenvalue weighted by molar-refractivity contribution is -0.142. The summed E-state index contributed by atoms with van der Waals surface area (Å²) in [4.78, 5) is 33.5. The number of hydrogen-bond acceptors (Lipinski definition) is 5. The molecule has 1 fully saturated rings. The highest BCUT2D eigenvalue weighted by Crippen LogP contribution is 2.34. The summed E-state index contributed by atoms with van der Waals surface area (Å²) in [5.74, 6) is -0.132. The predicted octanol–water partition coefficient (Wildman–Crippen LogP) is 5.91. The number of nitrogens with zero attached hydrogens (tertiary/aromatic N) is 4. The molecule has 11 heteroatoms. The minimum Gasteiger partial charge on any atom is -0.352 e. The number of anilines is 1. The first-order valence-corrected chi connectivity index (χ1v) is 13.0. The Morgan fingerprint density at radius 3 is 2.38 bits per heavy atom. The first-order valence-electron chi connectivity index (χ1n) is 13.0. The Kier molecular flexibility index (Phi) is 7.90. The van der Waals surface area contributed by atoms with E-state index in [-0.39, 0.29) is 28.7 Å². The second-order valence-corrected chi connectivity index (χ2v) is 9.72. The van der Waals surface area contributed by atoms with Crippen molar-refractivity contribution in [1.29, 1.82) is 0 Å². The van der Waals surface area contributed by atoms with Crippen molar-refractivity contribution in [3.63, 3.8) is 0 Å². The molecular formula is C29H27F3N6O2. The molecule has 5 rings (SSSR count). The van der Waals surface area contributed by atoms with Gasteiger partial charge in [-0.05, 0) is 67.3 Å². The van der Waals surface area contributed by atoms with E-state index in [0.29, 0.717) is 23.6 Å². The second-order valence-electron chi connectivity index (χ2n) is 9.72. The van der Waals surface area contributed by atoms with Gasteiger partial charge < -0.3 is 10.6 Å². The maximum atomic E-state index is 13.8. The first kappa shape index (κ1) is 27.0. The van der Waals surface area contributed by atoms with Gasteiger partial charge in [-0.3, -0.25) is 14.6 Å². The molecule has 3 aromatic heterocycles. The van der Waals surface area contributed by atoms with Crippen molar-refractivity contribution in [1.82, 2.24) is 25.1 Å². The number of hydrogen-bond donors (Lipinski definition) is 2. The minimum atomic E-state index is -4.66. The number of halogens is 3. The Balaban J connectivity index is 1.28. The first-order chi connectivity index (χ1) is 19.3. The molecular weight excluding hydrogens is 521 g/mol. The molecule has 2 amide bonds. The summed E-state index contributed by atoms with van der Waals surface area (Å²) >= 11 is 0. The Morgan fingerprint density at radius 2 is 1.70 bits per heavy atom. The normalized spacial score (nSPS) is 14.1. The summed E-state index contributed by atoms with van der Waals surface area (Å²) in [7, 11) is 0. The van der Waals surface area contributed by atoms with Crippen molar-refractivity contribution in [2.24, 2.45) is 5.92 Å². The second kappa shape index (κ2) is 11.7. The highest BCUT2D eigenvalue weighted by molar-refractivity contribution is 6.05. The molecule has 0 bridgehead atoms. The average molecular weight is 549 g/mol. The molecule has 4 aromatic rings. The number of rotatable bonds is 7. The molecule has 2 N–H and O–H groups in total. The molecule has 1 aliphatic carbocycles. The van der Waals surface area contributed by atoms with Crippen LogP contribution in [0, 0.1) is 5.92 Å². The number of nitrogens with one attached hydrogen (secondary N) is 2. The molecule has 0 atom stereocenters. The van der Waals surface area contributed by atoms with Crippen LogP contribution >= 0.6 is 0 Å². The Hall–Kier alpha value is -4.54. The number of pyridine rings is 2. The standard InChI is InChI=1S/C29H27F3N6O2/c30-29(31,32)25-15-24(22-10-5-13-33-17-22)37-38(25)23-11-12-26(34-18-23)36-28(40)21-9-4-8-20(14-21)27(39)35-16-19-6-2-1-3-7-19/h4-5,8-15,17-19H,1-3,6-7,16H2,(H,35,39)(H,34,36,40). The molecule has 0 unspecified atom stereocenters.